The molecule has 1 rings (SSSR count). The van der Waals surface area contributed by atoms with Crippen LogP contribution in [0.1, 0.15) is 24.9 Å². The number of hydrogen-bond acceptors (Lipinski definition) is 2. The standard InChI is InChI=1S/C9H13BrN2O2/c1-6-5-12(7(2)3-4-10)9(14)11-8(6)13/h5,7H,3-4H2,1-2H3,(H,11,13,14)/t7-/m1/s1. The molecular formula is C9H13BrN2O2. The normalized spacial score (nSPS) is 12.8. The summed E-state index contributed by atoms with van der Waals surface area (Å²) in [4.78, 5) is 24.8. The van der Waals surface area contributed by atoms with Gasteiger partial charge in [-0.3, -0.25) is 14.3 Å². The van der Waals surface area contributed by atoms with Crippen molar-refractivity contribution in [2.24, 2.45) is 0 Å². The number of rotatable bonds is 3. The Bertz CT molecular complexity index is 422. The van der Waals surface area contributed by atoms with Gasteiger partial charge in [-0.1, -0.05) is 15.9 Å². The highest BCUT2D eigenvalue weighted by Crippen LogP contribution is 2.08. The van der Waals surface area contributed by atoms with Crippen LogP contribution in [0.15, 0.2) is 15.8 Å². The van der Waals surface area contributed by atoms with Gasteiger partial charge in [-0.15, -0.1) is 0 Å². The summed E-state index contributed by atoms with van der Waals surface area (Å²) in [5, 5.41) is 0.832. The molecular weight excluding hydrogens is 248 g/mol. The van der Waals surface area contributed by atoms with E-state index in [1.807, 2.05) is 6.92 Å². The largest absolute Gasteiger partial charge is 0.328 e. The van der Waals surface area contributed by atoms with E-state index in [4.69, 9.17) is 0 Å². The van der Waals surface area contributed by atoms with Gasteiger partial charge in [0, 0.05) is 23.1 Å². The van der Waals surface area contributed by atoms with Gasteiger partial charge < -0.3 is 0 Å². The first kappa shape index (κ1) is 11.2. The molecule has 0 radical (unpaired) electrons. The van der Waals surface area contributed by atoms with Crippen LogP contribution >= 0.6 is 15.9 Å². The van der Waals surface area contributed by atoms with Crippen molar-refractivity contribution < 1.29 is 0 Å². The molecule has 1 heterocycles. The summed E-state index contributed by atoms with van der Waals surface area (Å²) in [6, 6.07) is 0.0948. The van der Waals surface area contributed by atoms with Crippen LogP contribution < -0.4 is 11.2 Å². The number of hydrogen-bond donors (Lipinski definition) is 1. The number of nitrogens with zero attached hydrogens (tertiary/aromatic N) is 1. The number of aryl methyl sites for hydroxylation is 1. The Kier molecular flexibility index (Phi) is 3.69. The van der Waals surface area contributed by atoms with E-state index >= 15 is 0 Å². The molecule has 0 aromatic carbocycles. The number of aromatic amines is 1. The zero-order chi connectivity index (χ0) is 10.7. The summed E-state index contributed by atoms with van der Waals surface area (Å²) >= 11 is 3.32. The molecule has 5 heteroatoms. The molecule has 0 aliphatic heterocycles. The first-order chi connectivity index (χ1) is 6.56. The topological polar surface area (TPSA) is 54.9 Å². The molecule has 0 spiro atoms. The van der Waals surface area contributed by atoms with E-state index in [1.54, 1.807) is 17.7 Å². The highest BCUT2D eigenvalue weighted by molar-refractivity contribution is 9.09. The predicted octanol–water partition coefficient (Wildman–Crippen LogP) is 1.19. The molecule has 0 aliphatic rings. The highest BCUT2D eigenvalue weighted by atomic mass is 79.9. The van der Waals surface area contributed by atoms with Gasteiger partial charge in [-0.2, -0.15) is 0 Å². The lowest BCUT2D eigenvalue weighted by atomic mass is 10.2. The fraction of sp³-hybridized carbons (Fsp3) is 0.556. The van der Waals surface area contributed by atoms with Crippen molar-refractivity contribution in [2.75, 3.05) is 5.33 Å². The van der Waals surface area contributed by atoms with Crippen molar-refractivity contribution in [3.63, 3.8) is 0 Å². The van der Waals surface area contributed by atoms with E-state index < -0.39 is 0 Å². The first-order valence-electron chi connectivity index (χ1n) is 4.44. The summed E-state index contributed by atoms with van der Waals surface area (Å²) in [5.74, 6) is 0. The van der Waals surface area contributed by atoms with Crippen molar-refractivity contribution in [1.29, 1.82) is 0 Å². The van der Waals surface area contributed by atoms with Gasteiger partial charge in [0.15, 0.2) is 0 Å². The SMILES string of the molecule is Cc1cn([C@H](C)CCBr)c(=O)[nH]c1=O. The Morgan fingerprint density at radius 2 is 2.21 bits per heavy atom. The van der Waals surface area contributed by atoms with E-state index in [-0.39, 0.29) is 17.3 Å². The molecule has 1 aromatic rings. The minimum atomic E-state index is -0.339. The van der Waals surface area contributed by atoms with E-state index in [1.165, 1.54) is 0 Å². The van der Waals surface area contributed by atoms with Gasteiger partial charge in [0.2, 0.25) is 0 Å². The van der Waals surface area contributed by atoms with Crippen LogP contribution in [0.4, 0.5) is 0 Å². The zero-order valence-electron chi connectivity index (χ0n) is 8.21. The van der Waals surface area contributed by atoms with Crippen LogP contribution in [-0.2, 0) is 0 Å². The summed E-state index contributed by atoms with van der Waals surface area (Å²) in [6.07, 6.45) is 2.46. The molecule has 0 bridgehead atoms. The van der Waals surface area contributed by atoms with E-state index in [0.29, 0.717) is 5.56 Å². The monoisotopic (exact) mass is 260 g/mol. The number of halogens is 1. The van der Waals surface area contributed by atoms with Crippen LogP contribution in [0.2, 0.25) is 0 Å². The minimum absolute atomic E-state index is 0.0948. The van der Waals surface area contributed by atoms with Gasteiger partial charge in [0.05, 0.1) is 0 Å². The Labute approximate surface area is 90.1 Å². The maximum absolute atomic E-state index is 11.4. The lowest BCUT2D eigenvalue weighted by Crippen LogP contribution is -2.32. The molecule has 0 saturated carbocycles. The van der Waals surface area contributed by atoms with Crippen LogP contribution in [0.5, 0.6) is 0 Å². The summed E-state index contributed by atoms with van der Waals surface area (Å²) < 4.78 is 1.55. The minimum Gasteiger partial charge on any atom is -0.298 e. The third-order valence-electron chi connectivity index (χ3n) is 2.15. The molecule has 0 aliphatic carbocycles. The second-order valence-electron chi connectivity index (χ2n) is 3.31. The second-order valence-corrected chi connectivity index (χ2v) is 4.10. The van der Waals surface area contributed by atoms with Crippen molar-refractivity contribution in [3.05, 3.63) is 32.6 Å². The van der Waals surface area contributed by atoms with E-state index in [9.17, 15) is 9.59 Å². The van der Waals surface area contributed by atoms with Crippen molar-refractivity contribution in [3.8, 4) is 0 Å². The smallest absolute Gasteiger partial charge is 0.298 e. The molecule has 0 amide bonds. The first-order valence-corrected chi connectivity index (χ1v) is 5.56. The molecule has 78 valence electrons. The molecule has 1 N–H and O–H groups in total. The van der Waals surface area contributed by atoms with Gasteiger partial charge in [0.25, 0.3) is 5.56 Å². The predicted molar refractivity (Wildman–Crippen MR) is 59.2 cm³/mol. The average Bonchev–Trinajstić information content (AvgIpc) is 2.11. The fourth-order valence-corrected chi connectivity index (χ4v) is 1.87. The van der Waals surface area contributed by atoms with E-state index in [2.05, 4.69) is 20.9 Å². The quantitative estimate of drug-likeness (QED) is 0.831. The summed E-state index contributed by atoms with van der Waals surface area (Å²) in [7, 11) is 0. The van der Waals surface area contributed by atoms with Crippen LogP contribution in [-0.4, -0.2) is 14.9 Å². The van der Waals surface area contributed by atoms with Gasteiger partial charge in [0.1, 0.15) is 0 Å². The van der Waals surface area contributed by atoms with Crippen LogP contribution in [0.25, 0.3) is 0 Å². The zero-order valence-corrected chi connectivity index (χ0v) is 9.80. The van der Waals surface area contributed by atoms with Gasteiger partial charge in [-0.25, -0.2) is 4.79 Å². The summed E-state index contributed by atoms with van der Waals surface area (Å²) in [5.41, 5.74) is -0.0858. The maximum atomic E-state index is 11.4. The van der Waals surface area contributed by atoms with Gasteiger partial charge in [-0.05, 0) is 20.3 Å². The Hall–Kier alpha value is -0.840. The van der Waals surface area contributed by atoms with E-state index in [0.717, 1.165) is 11.8 Å². The number of alkyl halides is 1. The molecule has 0 unspecified atom stereocenters. The van der Waals surface area contributed by atoms with Crippen molar-refractivity contribution >= 4 is 15.9 Å². The molecule has 1 atom stereocenters. The summed E-state index contributed by atoms with van der Waals surface area (Å²) in [6.45, 7) is 3.63. The lowest BCUT2D eigenvalue weighted by Gasteiger charge is -2.13. The Morgan fingerprint density at radius 3 is 2.79 bits per heavy atom. The van der Waals surface area contributed by atoms with Gasteiger partial charge >= 0.3 is 5.69 Å². The molecule has 14 heavy (non-hydrogen) atoms. The third-order valence-corrected chi connectivity index (χ3v) is 2.61. The van der Waals surface area contributed by atoms with Crippen LogP contribution in [0.3, 0.4) is 0 Å². The highest BCUT2D eigenvalue weighted by Gasteiger charge is 2.07. The Morgan fingerprint density at radius 1 is 1.57 bits per heavy atom. The molecule has 0 fully saturated rings. The molecule has 1 aromatic heterocycles. The second kappa shape index (κ2) is 4.59. The van der Waals surface area contributed by atoms with Crippen molar-refractivity contribution in [2.45, 2.75) is 26.3 Å². The number of H-pyrrole nitrogens is 1. The third kappa shape index (κ3) is 2.35. The number of aromatic nitrogens is 2. The van der Waals surface area contributed by atoms with Crippen molar-refractivity contribution in [1.82, 2.24) is 9.55 Å². The van der Waals surface area contributed by atoms with Crippen LogP contribution in [0, 0.1) is 6.92 Å². The maximum Gasteiger partial charge on any atom is 0.328 e. The molecule has 4 nitrogen and oxygen atoms in total. The number of nitrogens with one attached hydrogen (secondary N) is 1. The Balaban J connectivity index is 3.16. The average molecular weight is 261 g/mol. The molecule has 0 saturated heterocycles. The fourth-order valence-electron chi connectivity index (χ4n) is 1.21. The lowest BCUT2D eigenvalue weighted by molar-refractivity contribution is 0.504.